The lowest BCUT2D eigenvalue weighted by Crippen LogP contribution is -2.47. The molecule has 1 aromatic carbocycles. The van der Waals surface area contributed by atoms with Gasteiger partial charge in [-0.3, -0.25) is 4.90 Å². The fourth-order valence-corrected chi connectivity index (χ4v) is 2.79. The zero-order valence-electron chi connectivity index (χ0n) is 12.4. The van der Waals surface area contributed by atoms with Gasteiger partial charge in [0.05, 0.1) is 13.2 Å². The molecule has 1 heterocycles. The van der Waals surface area contributed by atoms with Crippen molar-refractivity contribution in [1.82, 2.24) is 4.90 Å². The van der Waals surface area contributed by atoms with Crippen LogP contribution in [0.3, 0.4) is 0 Å². The first kappa shape index (κ1) is 15.0. The highest BCUT2D eigenvalue weighted by atomic mass is 16.5. The van der Waals surface area contributed by atoms with Crippen molar-refractivity contribution in [2.45, 2.75) is 32.4 Å². The Morgan fingerprint density at radius 3 is 2.75 bits per heavy atom. The second kappa shape index (κ2) is 6.37. The van der Waals surface area contributed by atoms with Gasteiger partial charge in [0.1, 0.15) is 6.04 Å². The fraction of sp³-hybridized carbons (Fsp3) is 0.562. The van der Waals surface area contributed by atoms with Gasteiger partial charge in [-0.25, -0.2) is 4.79 Å². The van der Waals surface area contributed by atoms with Crippen LogP contribution in [0.15, 0.2) is 24.3 Å². The molecule has 1 aliphatic heterocycles. The van der Waals surface area contributed by atoms with Gasteiger partial charge in [-0.05, 0) is 36.9 Å². The average molecular weight is 277 g/mol. The summed E-state index contributed by atoms with van der Waals surface area (Å²) in [6.45, 7) is 5.35. The molecule has 4 heteroatoms. The van der Waals surface area contributed by atoms with E-state index in [2.05, 4.69) is 0 Å². The van der Waals surface area contributed by atoms with Crippen molar-refractivity contribution in [3.63, 3.8) is 0 Å². The first-order valence-electron chi connectivity index (χ1n) is 7.10. The molecule has 0 aromatic heterocycles. The molecule has 1 saturated heterocycles. The van der Waals surface area contributed by atoms with Crippen molar-refractivity contribution < 1.29 is 14.6 Å². The van der Waals surface area contributed by atoms with E-state index in [-0.39, 0.29) is 18.0 Å². The van der Waals surface area contributed by atoms with E-state index < -0.39 is 6.04 Å². The highest BCUT2D eigenvalue weighted by Crippen LogP contribution is 2.29. The van der Waals surface area contributed by atoms with Gasteiger partial charge < -0.3 is 9.84 Å². The van der Waals surface area contributed by atoms with Gasteiger partial charge in [-0.15, -0.1) is 0 Å². The topological polar surface area (TPSA) is 49.8 Å². The summed E-state index contributed by atoms with van der Waals surface area (Å²) in [7, 11) is 1.41. The summed E-state index contributed by atoms with van der Waals surface area (Å²) in [5.41, 5.74) is 2.03. The van der Waals surface area contributed by atoms with Crippen molar-refractivity contribution in [1.29, 1.82) is 0 Å². The minimum atomic E-state index is -0.427. The standard InChI is InChI=1S/C16H23NO3/c1-11-6-4-5-7-13(11)15(16(19)20-3)17-9-8-12(2)14(18)10-17/h4-7,12,14-15,18H,8-10H2,1-3H3/t12-,14-,15+/m1/s1. The Balaban J connectivity index is 2.29. The summed E-state index contributed by atoms with van der Waals surface area (Å²) < 4.78 is 4.97. The van der Waals surface area contributed by atoms with E-state index in [0.717, 1.165) is 24.1 Å². The SMILES string of the molecule is COC(=O)[C@H](c1ccccc1C)N1CC[C@@H](C)[C@H](O)C1. The van der Waals surface area contributed by atoms with Crippen LogP contribution in [0.25, 0.3) is 0 Å². The molecule has 4 nitrogen and oxygen atoms in total. The minimum absolute atomic E-state index is 0.263. The summed E-state index contributed by atoms with van der Waals surface area (Å²) >= 11 is 0. The molecule has 1 aliphatic rings. The Morgan fingerprint density at radius 2 is 2.15 bits per heavy atom. The molecular formula is C16H23NO3. The molecule has 0 bridgehead atoms. The first-order valence-corrected chi connectivity index (χ1v) is 7.10. The zero-order chi connectivity index (χ0) is 14.7. The van der Waals surface area contributed by atoms with Crippen LogP contribution in [0.2, 0.25) is 0 Å². The average Bonchev–Trinajstić information content (AvgIpc) is 2.44. The normalized spacial score (nSPS) is 25.2. The van der Waals surface area contributed by atoms with E-state index in [9.17, 15) is 9.90 Å². The summed E-state index contributed by atoms with van der Waals surface area (Å²) in [4.78, 5) is 14.2. The molecule has 110 valence electrons. The second-order valence-corrected chi connectivity index (χ2v) is 5.61. The van der Waals surface area contributed by atoms with Gasteiger partial charge in [0.25, 0.3) is 0 Å². The monoisotopic (exact) mass is 277 g/mol. The van der Waals surface area contributed by atoms with Crippen molar-refractivity contribution in [3.05, 3.63) is 35.4 Å². The Morgan fingerprint density at radius 1 is 1.45 bits per heavy atom. The Labute approximate surface area is 120 Å². The molecule has 0 saturated carbocycles. The lowest BCUT2D eigenvalue weighted by atomic mass is 9.92. The van der Waals surface area contributed by atoms with Gasteiger partial charge in [0.2, 0.25) is 0 Å². The predicted molar refractivity (Wildman–Crippen MR) is 77.3 cm³/mol. The fourth-order valence-electron chi connectivity index (χ4n) is 2.79. The van der Waals surface area contributed by atoms with Gasteiger partial charge in [0.15, 0.2) is 0 Å². The van der Waals surface area contributed by atoms with Crippen LogP contribution < -0.4 is 0 Å². The lowest BCUT2D eigenvalue weighted by molar-refractivity contribution is -0.149. The van der Waals surface area contributed by atoms with Crippen molar-refractivity contribution in [2.24, 2.45) is 5.92 Å². The maximum absolute atomic E-state index is 12.2. The Kier molecular flexibility index (Phi) is 4.78. The number of β-amino-alcohol motifs (C(OH)–C–C–N with tert-alkyl or cyclic N) is 1. The summed E-state index contributed by atoms with van der Waals surface area (Å²) in [6.07, 6.45) is 0.500. The lowest BCUT2D eigenvalue weighted by Gasteiger charge is -2.38. The van der Waals surface area contributed by atoms with E-state index in [1.54, 1.807) is 0 Å². The molecule has 1 fully saturated rings. The first-order chi connectivity index (χ1) is 9.54. The number of hydrogen-bond acceptors (Lipinski definition) is 4. The highest BCUT2D eigenvalue weighted by molar-refractivity contribution is 5.78. The quantitative estimate of drug-likeness (QED) is 0.858. The number of carbonyl (C=O) groups is 1. The van der Waals surface area contributed by atoms with E-state index in [4.69, 9.17) is 4.74 Å². The van der Waals surface area contributed by atoms with E-state index in [1.165, 1.54) is 7.11 Å². The summed E-state index contributed by atoms with van der Waals surface area (Å²) in [5.74, 6) is 0.0162. The number of ether oxygens (including phenoxy) is 1. The third kappa shape index (κ3) is 3.02. The van der Waals surface area contributed by atoms with Crippen LogP contribution >= 0.6 is 0 Å². The number of hydrogen-bond donors (Lipinski definition) is 1. The number of likely N-dealkylation sites (tertiary alicyclic amines) is 1. The second-order valence-electron chi connectivity index (χ2n) is 5.61. The number of esters is 1. The molecule has 1 aromatic rings. The van der Waals surface area contributed by atoms with Gasteiger partial charge in [0, 0.05) is 6.54 Å². The largest absolute Gasteiger partial charge is 0.468 e. The number of aliphatic hydroxyl groups excluding tert-OH is 1. The van der Waals surface area contributed by atoms with Crippen molar-refractivity contribution >= 4 is 5.97 Å². The zero-order valence-corrected chi connectivity index (χ0v) is 12.4. The van der Waals surface area contributed by atoms with E-state index in [0.29, 0.717) is 6.54 Å². The Bertz CT molecular complexity index is 475. The van der Waals surface area contributed by atoms with Crippen LogP contribution in [0, 0.1) is 12.8 Å². The minimum Gasteiger partial charge on any atom is -0.468 e. The van der Waals surface area contributed by atoms with Crippen LogP contribution in [-0.4, -0.2) is 42.3 Å². The number of rotatable bonds is 3. The number of nitrogens with zero attached hydrogens (tertiary/aromatic N) is 1. The molecular weight excluding hydrogens is 254 g/mol. The smallest absolute Gasteiger partial charge is 0.327 e. The molecule has 0 spiro atoms. The molecule has 0 radical (unpaired) electrons. The number of aryl methyl sites for hydroxylation is 1. The molecule has 0 unspecified atom stereocenters. The molecule has 1 N–H and O–H groups in total. The molecule has 0 aliphatic carbocycles. The number of piperidine rings is 1. The highest BCUT2D eigenvalue weighted by Gasteiger charge is 2.34. The molecule has 20 heavy (non-hydrogen) atoms. The third-order valence-corrected chi connectivity index (χ3v) is 4.22. The van der Waals surface area contributed by atoms with Gasteiger partial charge >= 0.3 is 5.97 Å². The maximum atomic E-state index is 12.2. The van der Waals surface area contributed by atoms with Crippen LogP contribution in [0.1, 0.15) is 30.5 Å². The maximum Gasteiger partial charge on any atom is 0.327 e. The number of benzene rings is 1. The number of aliphatic hydroxyl groups is 1. The number of methoxy groups -OCH3 is 1. The molecule has 2 rings (SSSR count). The van der Waals surface area contributed by atoms with Crippen molar-refractivity contribution in [3.8, 4) is 0 Å². The molecule has 0 amide bonds. The van der Waals surface area contributed by atoms with Crippen molar-refractivity contribution in [2.75, 3.05) is 20.2 Å². The molecule has 3 atom stereocenters. The van der Waals surface area contributed by atoms with E-state index in [1.807, 2.05) is 43.0 Å². The van der Waals surface area contributed by atoms with Crippen LogP contribution in [0.5, 0.6) is 0 Å². The van der Waals surface area contributed by atoms with Gasteiger partial charge in [-0.2, -0.15) is 0 Å². The summed E-state index contributed by atoms with van der Waals surface area (Å²) in [5, 5.41) is 10.1. The summed E-state index contributed by atoms with van der Waals surface area (Å²) in [6, 6.07) is 7.42. The van der Waals surface area contributed by atoms with Crippen LogP contribution in [-0.2, 0) is 9.53 Å². The predicted octanol–water partition coefficient (Wildman–Crippen LogP) is 1.91. The Hall–Kier alpha value is -1.39. The van der Waals surface area contributed by atoms with Crippen LogP contribution in [0.4, 0.5) is 0 Å². The van der Waals surface area contributed by atoms with E-state index >= 15 is 0 Å². The third-order valence-electron chi connectivity index (χ3n) is 4.22. The van der Waals surface area contributed by atoms with Gasteiger partial charge in [-0.1, -0.05) is 31.2 Å². The number of carbonyl (C=O) groups excluding carboxylic acids is 1.